The van der Waals surface area contributed by atoms with Crippen LogP contribution in [0.4, 0.5) is 11.4 Å². The van der Waals surface area contributed by atoms with Crippen LogP contribution in [0.3, 0.4) is 0 Å². The van der Waals surface area contributed by atoms with Crippen molar-refractivity contribution in [2.75, 3.05) is 19.6 Å². The zero-order valence-electron chi connectivity index (χ0n) is 13.6. The molecule has 1 aromatic carbocycles. The number of nitro groups is 2. The van der Waals surface area contributed by atoms with Crippen molar-refractivity contribution in [3.05, 3.63) is 43.5 Å². The summed E-state index contributed by atoms with van der Waals surface area (Å²) < 4.78 is 0. The van der Waals surface area contributed by atoms with Gasteiger partial charge in [0.2, 0.25) is 5.91 Å². The Balaban J connectivity index is 3.31. The molecule has 1 aromatic rings. The van der Waals surface area contributed by atoms with Gasteiger partial charge in [0.25, 0.3) is 17.3 Å². The number of carbonyl (C=O) groups excluding carboxylic acids is 2. The molecule has 0 unspecified atom stereocenters. The summed E-state index contributed by atoms with van der Waals surface area (Å²) in [5.74, 6) is -1.06. The van der Waals surface area contributed by atoms with Crippen molar-refractivity contribution in [2.45, 2.75) is 20.8 Å². The number of non-ortho nitro benzene ring substituents is 1. The van der Waals surface area contributed by atoms with E-state index < -0.39 is 27.1 Å². The molecule has 0 aliphatic carbocycles. The van der Waals surface area contributed by atoms with E-state index in [4.69, 9.17) is 0 Å². The van der Waals surface area contributed by atoms with Gasteiger partial charge in [0.05, 0.1) is 28.0 Å². The standard InChI is InChI=1S/C14H18N4O6/c1-4-15-13(19)8-16(5-2)14(20)11-6-10(17(21)22)7-12(9(11)3)18(23)24/h6-7H,4-5,8H2,1-3H3,(H,15,19). The molecule has 2 amide bonds. The lowest BCUT2D eigenvalue weighted by atomic mass is 10.0. The van der Waals surface area contributed by atoms with Gasteiger partial charge in [-0.3, -0.25) is 29.8 Å². The van der Waals surface area contributed by atoms with Gasteiger partial charge in [-0.05, 0) is 20.8 Å². The Labute approximate surface area is 137 Å². The van der Waals surface area contributed by atoms with Gasteiger partial charge in [0.15, 0.2) is 0 Å². The van der Waals surface area contributed by atoms with Crippen LogP contribution >= 0.6 is 0 Å². The van der Waals surface area contributed by atoms with Crippen LogP contribution in [0.15, 0.2) is 12.1 Å². The maximum atomic E-state index is 12.6. The van der Waals surface area contributed by atoms with E-state index in [0.717, 1.165) is 12.1 Å². The molecule has 10 heteroatoms. The average molecular weight is 338 g/mol. The van der Waals surface area contributed by atoms with Gasteiger partial charge in [-0.2, -0.15) is 0 Å². The quantitative estimate of drug-likeness (QED) is 0.589. The number of likely N-dealkylation sites (N-methyl/N-ethyl adjacent to an activating group) is 2. The van der Waals surface area contributed by atoms with E-state index in [1.165, 1.54) is 11.8 Å². The third kappa shape index (κ3) is 4.24. The number of hydrogen-bond donors (Lipinski definition) is 1. The molecule has 0 saturated heterocycles. The van der Waals surface area contributed by atoms with Crippen molar-refractivity contribution in [3.8, 4) is 0 Å². The summed E-state index contributed by atoms with van der Waals surface area (Å²) in [5, 5.41) is 24.6. The second-order valence-electron chi connectivity index (χ2n) is 4.92. The predicted octanol–water partition coefficient (Wildman–Crippen LogP) is 1.41. The van der Waals surface area contributed by atoms with Crippen LogP contribution in [0.5, 0.6) is 0 Å². The first-order chi connectivity index (χ1) is 11.2. The molecule has 10 nitrogen and oxygen atoms in total. The highest BCUT2D eigenvalue weighted by Gasteiger charge is 2.27. The molecule has 0 aromatic heterocycles. The third-order valence-corrected chi connectivity index (χ3v) is 3.38. The number of benzene rings is 1. The van der Waals surface area contributed by atoms with Crippen LogP contribution in [-0.4, -0.2) is 46.2 Å². The number of carbonyl (C=O) groups is 2. The Morgan fingerprint density at radius 1 is 1.17 bits per heavy atom. The predicted molar refractivity (Wildman–Crippen MR) is 84.7 cm³/mol. The molecule has 0 aliphatic heterocycles. The summed E-state index contributed by atoms with van der Waals surface area (Å²) >= 11 is 0. The van der Waals surface area contributed by atoms with Gasteiger partial charge in [0.1, 0.15) is 0 Å². The smallest absolute Gasteiger partial charge is 0.279 e. The Kier molecular flexibility index (Phi) is 6.33. The first kappa shape index (κ1) is 19.0. The lowest BCUT2D eigenvalue weighted by Crippen LogP contribution is -2.40. The largest absolute Gasteiger partial charge is 0.355 e. The molecule has 1 rings (SSSR count). The fourth-order valence-electron chi connectivity index (χ4n) is 2.13. The fourth-order valence-corrected chi connectivity index (χ4v) is 2.13. The van der Waals surface area contributed by atoms with E-state index in [1.807, 2.05) is 0 Å². The van der Waals surface area contributed by atoms with Gasteiger partial charge in [0, 0.05) is 24.7 Å². The van der Waals surface area contributed by atoms with Gasteiger partial charge in [-0.15, -0.1) is 0 Å². The summed E-state index contributed by atoms with van der Waals surface area (Å²) in [5.41, 5.74) is -1.21. The summed E-state index contributed by atoms with van der Waals surface area (Å²) in [4.78, 5) is 45.9. The first-order valence-electron chi connectivity index (χ1n) is 7.22. The number of amides is 2. The second-order valence-corrected chi connectivity index (χ2v) is 4.92. The van der Waals surface area contributed by atoms with Crippen LogP contribution in [0.25, 0.3) is 0 Å². The first-order valence-corrected chi connectivity index (χ1v) is 7.22. The Bertz CT molecular complexity index is 688. The molecule has 0 bridgehead atoms. The highest BCUT2D eigenvalue weighted by molar-refractivity contribution is 5.99. The van der Waals surface area contributed by atoms with E-state index in [-0.39, 0.29) is 30.1 Å². The zero-order valence-corrected chi connectivity index (χ0v) is 13.6. The topological polar surface area (TPSA) is 136 Å². The zero-order chi connectivity index (χ0) is 18.4. The number of rotatable bonds is 7. The minimum absolute atomic E-state index is 0.0185. The van der Waals surface area contributed by atoms with Gasteiger partial charge in [-0.1, -0.05) is 0 Å². The lowest BCUT2D eigenvalue weighted by Gasteiger charge is -2.21. The monoisotopic (exact) mass is 338 g/mol. The molecule has 130 valence electrons. The van der Waals surface area contributed by atoms with Crippen molar-refractivity contribution in [1.82, 2.24) is 10.2 Å². The normalized spacial score (nSPS) is 10.1. The maximum absolute atomic E-state index is 12.6. The van der Waals surface area contributed by atoms with E-state index in [2.05, 4.69) is 5.32 Å². The summed E-state index contributed by atoms with van der Waals surface area (Å²) in [7, 11) is 0. The molecular weight excluding hydrogens is 320 g/mol. The number of nitrogens with one attached hydrogen (secondary N) is 1. The lowest BCUT2D eigenvalue weighted by molar-refractivity contribution is -0.394. The molecule has 0 fully saturated rings. The van der Waals surface area contributed by atoms with Crippen molar-refractivity contribution >= 4 is 23.2 Å². The summed E-state index contributed by atoms with van der Waals surface area (Å²) in [6.07, 6.45) is 0. The van der Waals surface area contributed by atoms with Gasteiger partial charge in [-0.25, -0.2) is 0 Å². The highest BCUT2D eigenvalue weighted by atomic mass is 16.6. The molecule has 0 radical (unpaired) electrons. The highest BCUT2D eigenvalue weighted by Crippen LogP contribution is 2.28. The van der Waals surface area contributed by atoms with Crippen LogP contribution in [-0.2, 0) is 4.79 Å². The van der Waals surface area contributed by atoms with Crippen molar-refractivity contribution in [3.63, 3.8) is 0 Å². The number of hydrogen-bond acceptors (Lipinski definition) is 6. The van der Waals surface area contributed by atoms with E-state index in [0.29, 0.717) is 6.54 Å². The Morgan fingerprint density at radius 2 is 1.79 bits per heavy atom. The van der Waals surface area contributed by atoms with E-state index >= 15 is 0 Å². The Hall–Kier alpha value is -3.04. The van der Waals surface area contributed by atoms with E-state index in [1.54, 1.807) is 13.8 Å². The van der Waals surface area contributed by atoms with Crippen LogP contribution in [0, 0.1) is 27.2 Å². The molecular formula is C14H18N4O6. The molecule has 0 atom stereocenters. The van der Waals surface area contributed by atoms with Gasteiger partial charge >= 0.3 is 0 Å². The van der Waals surface area contributed by atoms with Crippen molar-refractivity contribution in [1.29, 1.82) is 0 Å². The van der Waals surface area contributed by atoms with Crippen LogP contribution in [0.1, 0.15) is 29.8 Å². The summed E-state index contributed by atoms with van der Waals surface area (Å²) in [6.45, 7) is 5.04. The summed E-state index contributed by atoms with van der Waals surface area (Å²) in [6, 6.07) is 1.80. The van der Waals surface area contributed by atoms with Crippen LogP contribution in [0.2, 0.25) is 0 Å². The molecule has 1 N–H and O–H groups in total. The molecule has 0 heterocycles. The second kappa shape index (κ2) is 7.99. The van der Waals surface area contributed by atoms with Crippen molar-refractivity contribution < 1.29 is 19.4 Å². The average Bonchev–Trinajstić information content (AvgIpc) is 2.51. The Morgan fingerprint density at radius 3 is 2.25 bits per heavy atom. The maximum Gasteiger partial charge on any atom is 0.279 e. The minimum atomic E-state index is -0.802. The SMILES string of the molecule is CCNC(=O)CN(CC)C(=O)c1cc([N+](=O)[O-])cc([N+](=O)[O-])c1C. The molecule has 0 saturated carbocycles. The minimum Gasteiger partial charge on any atom is -0.355 e. The molecule has 0 aliphatic rings. The van der Waals surface area contributed by atoms with Crippen LogP contribution < -0.4 is 5.32 Å². The fraction of sp³-hybridized carbons (Fsp3) is 0.429. The molecule has 0 spiro atoms. The van der Waals surface area contributed by atoms with E-state index in [9.17, 15) is 29.8 Å². The number of nitro benzene ring substituents is 2. The number of nitrogens with zero attached hydrogens (tertiary/aromatic N) is 3. The van der Waals surface area contributed by atoms with Crippen molar-refractivity contribution in [2.24, 2.45) is 0 Å². The third-order valence-electron chi connectivity index (χ3n) is 3.38. The van der Waals surface area contributed by atoms with Gasteiger partial charge < -0.3 is 10.2 Å². The molecule has 24 heavy (non-hydrogen) atoms.